The fourth-order valence-electron chi connectivity index (χ4n) is 4.75. The Bertz CT molecular complexity index is 675. The molecule has 3 saturated heterocycles. The molecular formula is C22H31N3O3. The Kier molecular flexibility index (Phi) is 6.27. The van der Waals surface area contributed by atoms with E-state index < -0.39 is 0 Å². The standard InChI is InChI=1S/C22H31N3O3/c26-21-16-19-6-9-25(22(27)18-4-2-1-3-5-18)17-20(19)7-8-24(21)11-10-23-12-14-28-15-13-23/h1-5,19-20H,6-17H2/t19-,20-/m0/s1. The second kappa shape index (κ2) is 9.05. The Labute approximate surface area is 167 Å². The van der Waals surface area contributed by atoms with Crippen LogP contribution in [0.1, 0.15) is 29.6 Å². The smallest absolute Gasteiger partial charge is 0.253 e. The molecule has 6 nitrogen and oxygen atoms in total. The van der Waals surface area contributed by atoms with Gasteiger partial charge in [-0.2, -0.15) is 0 Å². The van der Waals surface area contributed by atoms with Gasteiger partial charge in [-0.1, -0.05) is 18.2 Å². The van der Waals surface area contributed by atoms with Gasteiger partial charge in [0, 0.05) is 57.8 Å². The van der Waals surface area contributed by atoms with Crippen LogP contribution in [0.2, 0.25) is 0 Å². The summed E-state index contributed by atoms with van der Waals surface area (Å²) in [5.74, 6) is 1.27. The van der Waals surface area contributed by atoms with Crippen molar-refractivity contribution in [2.24, 2.45) is 11.8 Å². The Morgan fingerprint density at radius 2 is 1.71 bits per heavy atom. The van der Waals surface area contributed by atoms with Crippen LogP contribution in [0.4, 0.5) is 0 Å². The van der Waals surface area contributed by atoms with Crippen LogP contribution in [0.25, 0.3) is 0 Å². The summed E-state index contributed by atoms with van der Waals surface area (Å²) in [6.07, 6.45) is 2.57. The molecule has 152 valence electrons. The average Bonchev–Trinajstić information content (AvgIpc) is 2.90. The first-order valence-corrected chi connectivity index (χ1v) is 10.6. The van der Waals surface area contributed by atoms with E-state index in [0.717, 1.165) is 77.4 Å². The molecule has 1 aromatic rings. The van der Waals surface area contributed by atoms with E-state index in [-0.39, 0.29) is 5.91 Å². The Balaban J connectivity index is 1.32. The summed E-state index contributed by atoms with van der Waals surface area (Å²) in [6, 6.07) is 9.54. The maximum atomic E-state index is 12.8. The fourth-order valence-corrected chi connectivity index (χ4v) is 4.75. The summed E-state index contributed by atoms with van der Waals surface area (Å²) in [7, 11) is 0. The predicted molar refractivity (Wildman–Crippen MR) is 107 cm³/mol. The first kappa shape index (κ1) is 19.4. The van der Waals surface area contributed by atoms with Crippen molar-refractivity contribution >= 4 is 11.8 Å². The van der Waals surface area contributed by atoms with Gasteiger partial charge in [-0.05, 0) is 36.8 Å². The molecule has 28 heavy (non-hydrogen) atoms. The molecular weight excluding hydrogens is 354 g/mol. The molecule has 0 saturated carbocycles. The molecule has 0 spiro atoms. The maximum absolute atomic E-state index is 12.8. The van der Waals surface area contributed by atoms with Crippen molar-refractivity contribution < 1.29 is 14.3 Å². The van der Waals surface area contributed by atoms with Gasteiger partial charge < -0.3 is 14.5 Å². The number of ether oxygens (including phenoxy) is 1. The first-order valence-electron chi connectivity index (χ1n) is 10.6. The SMILES string of the molecule is O=C1C[C@@H]2CCN(C(=O)c3ccccc3)C[C@@H]2CCN1CCN1CCOCC1. The van der Waals surface area contributed by atoms with Gasteiger partial charge in [0.05, 0.1) is 13.2 Å². The van der Waals surface area contributed by atoms with E-state index in [0.29, 0.717) is 24.2 Å². The number of hydrogen-bond acceptors (Lipinski definition) is 4. The quantitative estimate of drug-likeness (QED) is 0.792. The molecule has 3 aliphatic heterocycles. The molecule has 3 aliphatic rings. The second-order valence-corrected chi connectivity index (χ2v) is 8.25. The van der Waals surface area contributed by atoms with E-state index in [9.17, 15) is 9.59 Å². The number of nitrogens with zero attached hydrogens (tertiary/aromatic N) is 3. The minimum absolute atomic E-state index is 0.124. The summed E-state index contributed by atoms with van der Waals surface area (Å²) in [5.41, 5.74) is 0.762. The number of morpholine rings is 1. The summed E-state index contributed by atoms with van der Waals surface area (Å²) >= 11 is 0. The summed E-state index contributed by atoms with van der Waals surface area (Å²) < 4.78 is 5.40. The lowest BCUT2D eigenvalue weighted by Crippen LogP contribution is -2.43. The van der Waals surface area contributed by atoms with Gasteiger partial charge in [0.2, 0.25) is 5.91 Å². The van der Waals surface area contributed by atoms with E-state index >= 15 is 0 Å². The van der Waals surface area contributed by atoms with Crippen molar-refractivity contribution in [3.63, 3.8) is 0 Å². The number of hydrogen-bond donors (Lipinski definition) is 0. The molecule has 3 heterocycles. The van der Waals surface area contributed by atoms with Crippen molar-refractivity contribution in [3.05, 3.63) is 35.9 Å². The highest BCUT2D eigenvalue weighted by Crippen LogP contribution is 2.33. The molecule has 0 N–H and O–H groups in total. The number of amides is 2. The lowest BCUT2D eigenvalue weighted by molar-refractivity contribution is -0.131. The molecule has 1 aromatic carbocycles. The number of piperidine rings is 1. The first-order chi connectivity index (χ1) is 13.7. The number of fused-ring (bicyclic) bond motifs is 1. The van der Waals surface area contributed by atoms with Crippen LogP contribution in [0.5, 0.6) is 0 Å². The highest BCUT2D eigenvalue weighted by molar-refractivity contribution is 5.94. The van der Waals surface area contributed by atoms with Gasteiger partial charge >= 0.3 is 0 Å². The summed E-state index contributed by atoms with van der Waals surface area (Å²) in [6.45, 7) is 7.62. The molecule has 2 atom stereocenters. The van der Waals surface area contributed by atoms with E-state index in [1.807, 2.05) is 35.2 Å². The highest BCUT2D eigenvalue weighted by Gasteiger charge is 2.36. The van der Waals surface area contributed by atoms with Crippen molar-refractivity contribution in [1.82, 2.24) is 14.7 Å². The molecule has 0 radical (unpaired) electrons. The molecule has 0 aromatic heterocycles. The van der Waals surface area contributed by atoms with Crippen LogP contribution in [0.15, 0.2) is 30.3 Å². The molecule has 0 unspecified atom stereocenters. The molecule has 6 heteroatoms. The van der Waals surface area contributed by atoms with Crippen molar-refractivity contribution in [2.45, 2.75) is 19.3 Å². The van der Waals surface area contributed by atoms with E-state index in [1.54, 1.807) is 0 Å². The topological polar surface area (TPSA) is 53.1 Å². The van der Waals surface area contributed by atoms with Crippen molar-refractivity contribution in [3.8, 4) is 0 Å². The molecule has 0 bridgehead atoms. The van der Waals surface area contributed by atoms with Gasteiger partial charge in [0.1, 0.15) is 0 Å². The second-order valence-electron chi connectivity index (χ2n) is 8.25. The average molecular weight is 386 g/mol. The zero-order valence-corrected chi connectivity index (χ0v) is 16.6. The number of rotatable bonds is 4. The van der Waals surface area contributed by atoms with Crippen LogP contribution < -0.4 is 0 Å². The Morgan fingerprint density at radius 3 is 2.50 bits per heavy atom. The predicted octanol–water partition coefficient (Wildman–Crippen LogP) is 1.72. The maximum Gasteiger partial charge on any atom is 0.253 e. The fraction of sp³-hybridized carbons (Fsp3) is 0.636. The van der Waals surface area contributed by atoms with E-state index in [1.165, 1.54) is 0 Å². The third kappa shape index (κ3) is 4.55. The number of carbonyl (C=O) groups is 2. The summed E-state index contributed by atoms with van der Waals surface area (Å²) in [4.78, 5) is 32.0. The van der Waals surface area contributed by atoms with Crippen LogP contribution >= 0.6 is 0 Å². The lowest BCUT2D eigenvalue weighted by Gasteiger charge is -2.37. The van der Waals surface area contributed by atoms with E-state index in [4.69, 9.17) is 4.74 Å². The van der Waals surface area contributed by atoms with Crippen molar-refractivity contribution in [2.75, 3.05) is 59.0 Å². The molecule has 3 fully saturated rings. The highest BCUT2D eigenvalue weighted by atomic mass is 16.5. The van der Waals surface area contributed by atoms with Crippen LogP contribution in [0.3, 0.4) is 0 Å². The number of likely N-dealkylation sites (tertiary alicyclic amines) is 2. The Hall–Kier alpha value is -1.92. The van der Waals surface area contributed by atoms with Crippen molar-refractivity contribution in [1.29, 1.82) is 0 Å². The minimum Gasteiger partial charge on any atom is -0.379 e. The lowest BCUT2D eigenvalue weighted by atomic mass is 9.82. The Morgan fingerprint density at radius 1 is 0.964 bits per heavy atom. The number of benzene rings is 1. The van der Waals surface area contributed by atoms with Crippen LogP contribution in [0, 0.1) is 11.8 Å². The third-order valence-electron chi connectivity index (χ3n) is 6.55. The van der Waals surface area contributed by atoms with Gasteiger partial charge in [-0.15, -0.1) is 0 Å². The number of carbonyl (C=O) groups excluding carboxylic acids is 2. The minimum atomic E-state index is 0.124. The monoisotopic (exact) mass is 385 g/mol. The zero-order chi connectivity index (χ0) is 19.3. The van der Waals surface area contributed by atoms with Gasteiger partial charge in [0.25, 0.3) is 5.91 Å². The van der Waals surface area contributed by atoms with Gasteiger partial charge in [0.15, 0.2) is 0 Å². The molecule has 0 aliphatic carbocycles. The van der Waals surface area contributed by atoms with Crippen LogP contribution in [-0.2, 0) is 9.53 Å². The van der Waals surface area contributed by atoms with Gasteiger partial charge in [-0.3, -0.25) is 14.5 Å². The van der Waals surface area contributed by atoms with E-state index in [2.05, 4.69) is 9.80 Å². The summed E-state index contributed by atoms with van der Waals surface area (Å²) in [5, 5.41) is 0. The normalized spacial score (nSPS) is 26.6. The third-order valence-corrected chi connectivity index (χ3v) is 6.55. The zero-order valence-electron chi connectivity index (χ0n) is 16.6. The molecule has 2 amide bonds. The van der Waals surface area contributed by atoms with Crippen LogP contribution in [-0.4, -0.2) is 85.5 Å². The molecule has 4 rings (SSSR count). The largest absolute Gasteiger partial charge is 0.379 e. The van der Waals surface area contributed by atoms with Gasteiger partial charge in [-0.25, -0.2) is 0 Å².